The Morgan fingerprint density at radius 3 is 2.19 bits per heavy atom. The van der Waals surface area contributed by atoms with Crippen molar-refractivity contribution in [1.82, 2.24) is 0 Å². The predicted molar refractivity (Wildman–Crippen MR) is 114 cm³/mol. The lowest BCUT2D eigenvalue weighted by molar-refractivity contribution is -0.137. The zero-order valence-electron chi connectivity index (χ0n) is 16.6. The molecule has 3 rings (SSSR count). The number of hydrogen-bond acceptors (Lipinski definition) is 3. The minimum atomic E-state index is -4.50. The minimum absolute atomic E-state index is 0.0213. The van der Waals surface area contributed by atoms with Crippen LogP contribution in [0, 0.1) is 6.92 Å². The zero-order valence-corrected chi connectivity index (χ0v) is 16.6. The molecule has 3 aromatic rings. The average Bonchev–Trinajstić information content (AvgIpc) is 2.74. The summed E-state index contributed by atoms with van der Waals surface area (Å²) in [5.74, 6) is -0.824. The molecule has 5 nitrogen and oxygen atoms in total. The van der Waals surface area contributed by atoms with Crippen LogP contribution in [0.1, 0.15) is 21.5 Å². The number of carbonyl (C=O) groups is 2. The second-order valence-corrected chi connectivity index (χ2v) is 6.88. The van der Waals surface area contributed by atoms with Crippen molar-refractivity contribution in [3.8, 4) is 0 Å². The van der Waals surface area contributed by atoms with Crippen LogP contribution in [0.3, 0.4) is 0 Å². The van der Waals surface area contributed by atoms with Crippen LogP contribution in [-0.2, 0) is 11.0 Å². The molecule has 0 saturated heterocycles. The summed E-state index contributed by atoms with van der Waals surface area (Å²) >= 11 is 0. The normalized spacial score (nSPS) is 11.0. The summed E-state index contributed by atoms with van der Waals surface area (Å²) < 4.78 is 38.5. The topological polar surface area (TPSA) is 70.2 Å². The molecule has 0 saturated carbocycles. The number of alkyl halides is 3. The third-order valence-electron chi connectivity index (χ3n) is 4.36. The van der Waals surface area contributed by atoms with Crippen LogP contribution in [-0.4, -0.2) is 18.4 Å². The maximum atomic E-state index is 12.8. The number of anilines is 3. The SMILES string of the molecule is Cc1ccc(NC(=O)CNc2cccc(C(=O)Nc3cccc(C(F)(F)F)c3)c2)cc1. The Hall–Kier alpha value is -3.81. The van der Waals surface area contributed by atoms with Crippen LogP contribution >= 0.6 is 0 Å². The van der Waals surface area contributed by atoms with E-state index in [1.807, 2.05) is 19.1 Å². The summed E-state index contributed by atoms with van der Waals surface area (Å²) in [5.41, 5.74) is 1.70. The molecule has 8 heteroatoms. The van der Waals surface area contributed by atoms with E-state index in [-0.39, 0.29) is 23.7 Å². The Morgan fingerprint density at radius 2 is 1.48 bits per heavy atom. The molecule has 3 aromatic carbocycles. The van der Waals surface area contributed by atoms with Gasteiger partial charge in [-0.2, -0.15) is 13.2 Å². The standard InChI is InChI=1S/C23H20F3N3O2/c1-15-8-10-18(11-9-15)28-21(30)14-27-19-6-2-4-16(12-19)22(31)29-20-7-3-5-17(13-20)23(24,25)26/h2-13,27H,14H2,1H3,(H,28,30)(H,29,31). The van der Waals surface area contributed by atoms with Crippen molar-refractivity contribution < 1.29 is 22.8 Å². The van der Waals surface area contributed by atoms with Gasteiger partial charge in [0.25, 0.3) is 5.91 Å². The molecule has 0 unspecified atom stereocenters. The number of benzene rings is 3. The largest absolute Gasteiger partial charge is 0.416 e. The van der Waals surface area contributed by atoms with E-state index >= 15 is 0 Å². The van der Waals surface area contributed by atoms with E-state index in [9.17, 15) is 22.8 Å². The summed E-state index contributed by atoms with van der Waals surface area (Å²) in [7, 11) is 0. The maximum absolute atomic E-state index is 12.8. The van der Waals surface area contributed by atoms with Gasteiger partial charge in [-0.1, -0.05) is 29.8 Å². The highest BCUT2D eigenvalue weighted by Crippen LogP contribution is 2.30. The second-order valence-electron chi connectivity index (χ2n) is 6.88. The monoisotopic (exact) mass is 427 g/mol. The molecule has 0 aliphatic carbocycles. The first-order valence-corrected chi connectivity index (χ1v) is 9.40. The van der Waals surface area contributed by atoms with Gasteiger partial charge in [-0.05, 0) is 55.5 Å². The molecule has 0 atom stereocenters. The van der Waals surface area contributed by atoms with Crippen LogP contribution in [0.25, 0.3) is 0 Å². The van der Waals surface area contributed by atoms with E-state index in [1.165, 1.54) is 24.3 Å². The fourth-order valence-corrected chi connectivity index (χ4v) is 2.77. The lowest BCUT2D eigenvalue weighted by Crippen LogP contribution is -2.22. The molecule has 0 bridgehead atoms. The first kappa shape index (κ1) is 21.9. The zero-order chi connectivity index (χ0) is 22.4. The highest BCUT2D eigenvalue weighted by Gasteiger charge is 2.30. The lowest BCUT2D eigenvalue weighted by atomic mass is 10.1. The van der Waals surface area contributed by atoms with Gasteiger partial charge in [0.05, 0.1) is 12.1 Å². The smallest absolute Gasteiger partial charge is 0.376 e. The van der Waals surface area contributed by atoms with Crippen molar-refractivity contribution in [3.05, 3.63) is 89.5 Å². The molecule has 31 heavy (non-hydrogen) atoms. The first-order valence-electron chi connectivity index (χ1n) is 9.40. The fourth-order valence-electron chi connectivity index (χ4n) is 2.77. The molecule has 160 valence electrons. The van der Waals surface area contributed by atoms with Crippen LogP contribution in [0.5, 0.6) is 0 Å². The van der Waals surface area contributed by atoms with Gasteiger partial charge in [0.1, 0.15) is 0 Å². The first-order chi connectivity index (χ1) is 14.7. The Bertz CT molecular complexity index is 1080. The number of amides is 2. The summed E-state index contributed by atoms with van der Waals surface area (Å²) in [6.45, 7) is 1.93. The summed E-state index contributed by atoms with van der Waals surface area (Å²) in [5, 5.41) is 8.13. The van der Waals surface area contributed by atoms with Crippen molar-refractivity contribution in [1.29, 1.82) is 0 Å². The van der Waals surface area contributed by atoms with Crippen LogP contribution in [0.2, 0.25) is 0 Å². The van der Waals surface area contributed by atoms with Crippen LogP contribution in [0.15, 0.2) is 72.8 Å². The summed E-state index contributed by atoms with van der Waals surface area (Å²) in [4.78, 5) is 24.5. The molecule has 2 amide bonds. The van der Waals surface area contributed by atoms with Crippen molar-refractivity contribution in [2.24, 2.45) is 0 Å². The summed E-state index contributed by atoms with van der Waals surface area (Å²) in [6, 6.07) is 18.1. The predicted octanol–water partition coefficient (Wildman–Crippen LogP) is 5.32. The van der Waals surface area contributed by atoms with E-state index in [0.29, 0.717) is 11.4 Å². The van der Waals surface area contributed by atoms with Crippen molar-refractivity contribution in [3.63, 3.8) is 0 Å². The lowest BCUT2D eigenvalue weighted by Gasteiger charge is -2.11. The number of hydrogen-bond donors (Lipinski definition) is 3. The van der Waals surface area contributed by atoms with Gasteiger partial charge in [0.2, 0.25) is 5.91 Å². The number of carbonyl (C=O) groups excluding carboxylic acids is 2. The Labute approximate surface area is 177 Å². The van der Waals surface area contributed by atoms with Gasteiger partial charge >= 0.3 is 6.18 Å². The molecule has 0 heterocycles. The summed E-state index contributed by atoms with van der Waals surface area (Å²) in [6.07, 6.45) is -4.50. The van der Waals surface area contributed by atoms with Gasteiger partial charge in [0.15, 0.2) is 0 Å². The van der Waals surface area contributed by atoms with Gasteiger partial charge in [-0.15, -0.1) is 0 Å². The molecule has 0 aliphatic heterocycles. The average molecular weight is 427 g/mol. The molecule has 3 N–H and O–H groups in total. The van der Waals surface area contributed by atoms with Gasteiger partial charge in [-0.25, -0.2) is 0 Å². The van der Waals surface area contributed by atoms with Gasteiger partial charge in [0, 0.05) is 22.6 Å². The van der Waals surface area contributed by atoms with E-state index in [4.69, 9.17) is 0 Å². The van der Waals surface area contributed by atoms with Gasteiger partial charge in [-0.3, -0.25) is 9.59 Å². The quantitative estimate of drug-likeness (QED) is 0.499. The van der Waals surface area contributed by atoms with E-state index in [2.05, 4.69) is 16.0 Å². The Morgan fingerprint density at radius 1 is 0.806 bits per heavy atom. The van der Waals surface area contributed by atoms with Crippen LogP contribution < -0.4 is 16.0 Å². The van der Waals surface area contributed by atoms with Crippen molar-refractivity contribution >= 4 is 28.9 Å². The highest BCUT2D eigenvalue weighted by atomic mass is 19.4. The van der Waals surface area contributed by atoms with Gasteiger partial charge < -0.3 is 16.0 Å². The fraction of sp³-hybridized carbons (Fsp3) is 0.130. The molecule has 0 fully saturated rings. The third kappa shape index (κ3) is 6.33. The molecule has 0 aliphatic rings. The molecular weight excluding hydrogens is 407 g/mol. The van der Waals surface area contributed by atoms with E-state index in [1.54, 1.807) is 24.3 Å². The molecular formula is C23H20F3N3O2. The van der Waals surface area contributed by atoms with Crippen molar-refractivity contribution in [2.45, 2.75) is 13.1 Å². The Kier molecular flexibility index (Phi) is 6.59. The van der Waals surface area contributed by atoms with E-state index in [0.717, 1.165) is 17.7 Å². The molecule has 0 radical (unpaired) electrons. The van der Waals surface area contributed by atoms with Crippen LogP contribution in [0.4, 0.5) is 30.2 Å². The number of aryl methyl sites for hydroxylation is 1. The number of rotatable bonds is 6. The second kappa shape index (κ2) is 9.34. The molecule has 0 aromatic heterocycles. The third-order valence-corrected chi connectivity index (χ3v) is 4.36. The molecule has 0 spiro atoms. The van der Waals surface area contributed by atoms with E-state index < -0.39 is 17.6 Å². The number of halogens is 3. The highest BCUT2D eigenvalue weighted by molar-refractivity contribution is 6.05. The Balaban J connectivity index is 1.60. The minimum Gasteiger partial charge on any atom is -0.376 e. The number of nitrogens with one attached hydrogen (secondary N) is 3. The maximum Gasteiger partial charge on any atom is 0.416 e. The van der Waals surface area contributed by atoms with Crippen molar-refractivity contribution in [2.75, 3.05) is 22.5 Å².